The van der Waals surface area contributed by atoms with Crippen LogP contribution in [-0.4, -0.2) is 0 Å². The molecule has 0 aliphatic heterocycles. The maximum atomic E-state index is 2.37. The van der Waals surface area contributed by atoms with Gasteiger partial charge in [0.2, 0.25) is 0 Å². The fraction of sp³-hybridized carbons (Fsp3) is 1.00. The Bertz CT molecular complexity index is 137. The molecule has 1 saturated carbocycles. The molecule has 0 heteroatoms. The highest BCUT2D eigenvalue weighted by Crippen LogP contribution is 2.60. The van der Waals surface area contributed by atoms with Gasteiger partial charge in [-0.05, 0) is 36.5 Å². The van der Waals surface area contributed by atoms with E-state index in [1.54, 1.807) is 0 Å². The van der Waals surface area contributed by atoms with Gasteiger partial charge in [-0.2, -0.15) is 0 Å². The normalized spacial score (nSPS) is 34.2. The zero-order chi connectivity index (χ0) is 9.19. The topological polar surface area (TPSA) is 0 Å². The van der Waals surface area contributed by atoms with Crippen LogP contribution in [0.2, 0.25) is 0 Å². The van der Waals surface area contributed by atoms with E-state index in [2.05, 4.69) is 27.7 Å². The molecule has 1 aliphatic rings. The van der Waals surface area contributed by atoms with Crippen molar-refractivity contribution in [3.8, 4) is 0 Å². The summed E-state index contributed by atoms with van der Waals surface area (Å²) < 4.78 is 0. The zero-order valence-corrected chi connectivity index (χ0v) is 9.19. The van der Waals surface area contributed by atoms with Crippen LogP contribution in [0.1, 0.15) is 59.8 Å². The first-order chi connectivity index (χ1) is 5.64. The molecule has 0 aromatic carbocycles. The summed E-state index contributed by atoms with van der Waals surface area (Å²) in [6.45, 7) is 9.40. The van der Waals surface area contributed by atoms with Crippen LogP contribution in [-0.2, 0) is 0 Å². The lowest BCUT2D eigenvalue weighted by Crippen LogP contribution is -2.03. The van der Waals surface area contributed by atoms with Crippen molar-refractivity contribution in [1.29, 1.82) is 0 Å². The van der Waals surface area contributed by atoms with Crippen molar-refractivity contribution in [1.82, 2.24) is 0 Å². The summed E-state index contributed by atoms with van der Waals surface area (Å²) in [5, 5.41) is 0. The summed E-state index contributed by atoms with van der Waals surface area (Å²) >= 11 is 0. The van der Waals surface area contributed by atoms with E-state index in [1.165, 1.54) is 32.1 Å². The van der Waals surface area contributed by atoms with Crippen molar-refractivity contribution < 1.29 is 0 Å². The van der Waals surface area contributed by atoms with Crippen LogP contribution >= 0.6 is 0 Å². The predicted molar refractivity (Wildman–Crippen MR) is 55.2 cm³/mol. The largest absolute Gasteiger partial charge is 0.0654 e. The second-order valence-corrected chi connectivity index (χ2v) is 5.00. The molecule has 1 aliphatic carbocycles. The minimum Gasteiger partial charge on any atom is -0.0654 e. The van der Waals surface area contributed by atoms with Crippen molar-refractivity contribution in [3.05, 3.63) is 0 Å². The molecular formula is C12H24. The van der Waals surface area contributed by atoms with Gasteiger partial charge in [0.15, 0.2) is 0 Å². The van der Waals surface area contributed by atoms with Gasteiger partial charge in [-0.25, -0.2) is 0 Å². The smallest absolute Gasteiger partial charge is 0.0269 e. The molecule has 1 fully saturated rings. The summed E-state index contributed by atoms with van der Waals surface area (Å²) in [4.78, 5) is 0. The van der Waals surface area contributed by atoms with Gasteiger partial charge in [-0.1, -0.05) is 40.5 Å². The Hall–Kier alpha value is 0. The molecule has 0 aromatic rings. The van der Waals surface area contributed by atoms with Crippen molar-refractivity contribution >= 4 is 0 Å². The number of hydrogen-bond donors (Lipinski definition) is 0. The van der Waals surface area contributed by atoms with Crippen LogP contribution < -0.4 is 0 Å². The Morgan fingerprint density at radius 1 is 1.33 bits per heavy atom. The fourth-order valence-electron chi connectivity index (χ4n) is 2.75. The van der Waals surface area contributed by atoms with Crippen molar-refractivity contribution in [2.24, 2.45) is 17.3 Å². The second kappa shape index (κ2) is 3.81. The molecule has 72 valence electrons. The Balaban J connectivity index is 2.33. The van der Waals surface area contributed by atoms with Gasteiger partial charge < -0.3 is 0 Å². The van der Waals surface area contributed by atoms with E-state index in [-0.39, 0.29) is 0 Å². The maximum absolute atomic E-state index is 2.37. The van der Waals surface area contributed by atoms with Gasteiger partial charge >= 0.3 is 0 Å². The average Bonchev–Trinajstić information content (AvgIpc) is 2.64. The second-order valence-electron chi connectivity index (χ2n) is 5.00. The molecule has 2 unspecified atom stereocenters. The standard InChI is InChI=1S/C12H24/c1-5-7-12(6-2)9-11(12)8-10(3)4/h10-11H,5-9H2,1-4H3. The monoisotopic (exact) mass is 168 g/mol. The number of hydrogen-bond acceptors (Lipinski definition) is 0. The van der Waals surface area contributed by atoms with Gasteiger partial charge in [0.05, 0.1) is 0 Å². The Labute approximate surface area is 77.7 Å². The quantitative estimate of drug-likeness (QED) is 0.575. The highest BCUT2D eigenvalue weighted by molar-refractivity contribution is 5.00. The Kier molecular flexibility index (Phi) is 3.20. The minimum atomic E-state index is 0.791. The van der Waals surface area contributed by atoms with Gasteiger partial charge in [-0.15, -0.1) is 0 Å². The van der Waals surface area contributed by atoms with Crippen LogP contribution in [0.3, 0.4) is 0 Å². The van der Waals surface area contributed by atoms with Crippen LogP contribution in [0, 0.1) is 17.3 Å². The summed E-state index contributed by atoms with van der Waals surface area (Å²) in [6, 6.07) is 0. The molecule has 12 heavy (non-hydrogen) atoms. The van der Waals surface area contributed by atoms with E-state index >= 15 is 0 Å². The third kappa shape index (κ3) is 2.02. The van der Waals surface area contributed by atoms with E-state index < -0.39 is 0 Å². The molecule has 0 radical (unpaired) electrons. The summed E-state index contributed by atoms with van der Waals surface area (Å²) in [5.41, 5.74) is 0.791. The van der Waals surface area contributed by atoms with Crippen LogP contribution in [0.5, 0.6) is 0 Å². The number of rotatable bonds is 5. The highest BCUT2D eigenvalue weighted by Gasteiger charge is 2.50. The molecule has 0 nitrogen and oxygen atoms in total. The summed E-state index contributed by atoms with van der Waals surface area (Å²) in [6.07, 6.45) is 7.25. The average molecular weight is 168 g/mol. The molecule has 0 heterocycles. The Morgan fingerprint density at radius 2 is 2.00 bits per heavy atom. The molecule has 0 bridgehead atoms. The van der Waals surface area contributed by atoms with Gasteiger partial charge in [0.25, 0.3) is 0 Å². The van der Waals surface area contributed by atoms with Gasteiger partial charge in [-0.3, -0.25) is 0 Å². The van der Waals surface area contributed by atoms with Crippen molar-refractivity contribution in [2.75, 3.05) is 0 Å². The van der Waals surface area contributed by atoms with Crippen LogP contribution in [0.15, 0.2) is 0 Å². The molecule has 0 spiro atoms. The Morgan fingerprint density at radius 3 is 2.42 bits per heavy atom. The van der Waals surface area contributed by atoms with Gasteiger partial charge in [0.1, 0.15) is 0 Å². The van der Waals surface area contributed by atoms with Crippen molar-refractivity contribution in [3.63, 3.8) is 0 Å². The first kappa shape index (κ1) is 10.1. The summed E-state index contributed by atoms with van der Waals surface area (Å²) in [7, 11) is 0. The fourth-order valence-corrected chi connectivity index (χ4v) is 2.75. The molecule has 0 N–H and O–H groups in total. The van der Waals surface area contributed by atoms with Crippen LogP contribution in [0.4, 0.5) is 0 Å². The summed E-state index contributed by atoms with van der Waals surface area (Å²) in [5.74, 6) is 1.97. The predicted octanol–water partition coefficient (Wildman–Crippen LogP) is 4.25. The molecule has 0 amide bonds. The first-order valence-corrected chi connectivity index (χ1v) is 5.64. The maximum Gasteiger partial charge on any atom is -0.0269 e. The lowest BCUT2D eigenvalue weighted by molar-refractivity contribution is 0.366. The van der Waals surface area contributed by atoms with Crippen LogP contribution in [0.25, 0.3) is 0 Å². The lowest BCUT2D eigenvalue weighted by Gasteiger charge is -2.14. The molecule has 0 aromatic heterocycles. The van der Waals surface area contributed by atoms with E-state index in [1.807, 2.05) is 0 Å². The van der Waals surface area contributed by atoms with E-state index in [9.17, 15) is 0 Å². The van der Waals surface area contributed by atoms with E-state index in [0.717, 1.165) is 17.3 Å². The zero-order valence-electron chi connectivity index (χ0n) is 9.19. The highest BCUT2D eigenvalue weighted by atomic mass is 14.6. The molecule has 1 rings (SSSR count). The van der Waals surface area contributed by atoms with E-state index in [4.69, 9.17) is 0 Å². The minimum absolute atomic E-state index is 0.791. The third-order valence-corrected chi connectivity index (χ3v) is 3.57. The first-order valence-electron chi connectivity index (χ1n) is 5.64. The lowest BCUT2D eigenvalue weighted by atomic mass is 9.91. The van der Waals surface area contributed by atoms with Gasteiger partial charge in [0, 0.05) is 0 Å². The molecule has 2 atom stereocenters. The van der Waals surface area contributed by atoms with Crippen molar-refractivity contribution in [2.45, 2.75) is 59.8 Å². The molecule has 0 saturated heterocycles. The van der Waals surface area contributed by atoms with E-state index in [0.29, 0.717) is 0 Å². The third-order valence-electron chi connectivity index (χ3n) is 3.57. The SMILES string of the molecule is CCCC1(CC)CC1CC(C)C. The molecular weight excluding hydrogens is 144 g/mol.